The van der Waals surface area contributed by atoms with Gasteiger partial charge in [-0.3, -0.25) is 19.8 Å². The third kappa shape index (κ3) is 4.76. The number of rotatable bonds is 4. The van der Waals surface area contributed by atoms with Gasteiger partial charge in [0.25, 0.3) is 5.91 Å². The summed E-state index contributed by atoms with van der Waals surface area (Å²) in [5.41, 5.74) is 3.68. The number of carbonyl (C=O) groups is 3. The van der Waals surface area contributed by atoms with Gasteiger partial charge in [0.05, 0.1) is 15.6 Å². The largest absolute Gasteiger partial charge is 0.454 e. The molecule has 3 aromatic carbocycles. The minimum absolute atomic E-state index is 0.0440. The smallest absolute Gasteiger partial charge is 0.328 e. The maximum absolute atomic E-state index is 13.1. The minimum Gasteiger partial charge on any atom is -0.454 e. The fourth-order valence-corrected chi connectivity index (χ4v) is 4.04. The summed E-state index contributed by atoms with van der Waals surface area (Å²) in [5.74, 6) is -1.56. The average molecular weight is 546 g/mol. The molecule has 12 heteroatoms. The normalized spacial score (nSPS) is 11.9. The molecule has 0 saturated heterocycles. The van der Waals surface area contributed by atoms with Gasteiger partial charge in [-0.1, -0.05) is 34.8 Å². The highest BCUT2D eigenvalue weighted by molar-refractivity contribution is 6.43. The molecule has 0 unspecified atom stereocenters. The lowest BCUT2D eigenvalue weighted by Crippen LogP contribution is -2.36. The Kier molecular flexibility index (Phi) is 6.36. The summed E-state index contributed by atoms with van der Waals surface area (Å²) in [6.45, 7) is 0.0744. The van der Waals surface area contributed by atoms with E-state index in [9.17, 15) is 14.4 Å². The van der Waals surface area contributed by atoms with Gasteiger partial charge in [0.1, 0.15) is 5.69 Å². The molecular weight excluding hydrogens is 531 g/mol. The van der Waals surface area contributed by atoms with Crippen molar-refractivity contribution in [1.29, 1.82) is 0 Å². The number of hydrogen-bond donors (Lipinski definition) is 3. The fourth-order valence-electron chi connectivity index (χ4n) is 3.56. The molecule has 4 aromatic rings. The predicted octanol–water partition coefficient (Wildman–Crippen LogP) is 5.29. The molecule has 0 radical (unpaired) electrons. The van der Waals surface area contributed by atoms with Crippen LogP contribution in [0.15, 0.2) is 60.7 Å². The van der Waals surface area contributed by atoms with Crippen molar-refractivity contribution >= 4 is 74.8 Å². The maximum Gasteiger partial charge on any atom is 0.328 e. The second-order valence-electron chi connectivity index (χ2n) is 7.61. The molecule has 0 aliphatic carbocycles. The molecule has 3 amide bonds. The number of nitrogens with one attached hydrogen (secondary N) is 3. The molecule has 0 fully saturated rings. The SMILES string of the molecule is O=C(Nc1ccc2c(c1)OCO2)C(=O)Nn1c(C(=O)Nc2ccc(Cl)c(Cl)c2)cc2cc(Cl)ccc21. The van der Waals surface area contributed by atoms with Crippen LogP contribution >= 0.6 is 34.8 Å². The predicted molar refractivity (Wildman–Crippen MR) is 137 cm³/mol. The minimum atomic E-state index is -1.01. The Morgan fingerprint density at radius 3 is 2.31 bits per heavy atom. The molecule has 0 spiro atoms. The van der Waals surface area contributed by atoms with Crippen molar-refractivity contribution in [1.82, 2.24) is 4.68 Å². The summed E-state index contributed by atoms with van der Waals surface area (Å²) in [7, 11) is 0. The van der Waals surface area contributed by atoms with Crippen LogP contribution in [0.5, 0.6) is 11.5 Å². The van der Waals surface area contributed by atoms with Crippen LogP contribution in [-0.4, -0.2) is 29.2 Å². The van der Waals surface area contributed by atoms with Gasteiger partial charge in [-0.05, 0) is 54.6 Å². The summed E-state index contributed by atoms with van der Waals surface area (Å²) < 4.78 is 11.7. The van der Waals surface area contributed by atoms with E-state index < -0.39 is 17.7 Å². The highest BCUT2D eigenvalue weighted by atomic mass is 35.5. The van der Waals surface area contributed by atoms with E-state index in [2.05, 4.69) is 16.1 Å². The fraction of sp³-hybridized carbons (Fsp3) is 0.0417. The Balaban J connectivity index is 1.40. The van der Waals surface area contributed by atoms with E-state index in [4.69, 9.17) is 44.3 Å². The van der Waals surface area contributed by atoms with Crippen molar-refractivity contribution in [2.75, 3.05) is 22.9 Å². The van der Waals surface area contributed by atoms with E-state index >= 15 is 0 Å². The summed E-state index contributed by atoms with van der Waals surface area (Å²) in [6, 6.07) is 15.7. The van der Waals surface area contributed by atoms with E-state index in [1.54, 1.807) is 36.4 Å². The lowest BCUT2D eigenvalue weighted by Gasteiger charge is -2.13. The number of anilines is 2. The van der Waals surface area contributed by atoms with Gasteiger partial charge in [-0.2, -0.15) is 0 Å². The third-order valence-corrected chi connectivity index (χ3v) is 6.20. The summed E-state index contributed by atoms with van der Waals surface area (Å²) in [5, 5.41) is 6.78. The van der Waals surface area contributed by atoms with E-state index in [-0.39, 0.29) is 17.5 Å². The average Bonchev–Trinajstić information content (AvgIpc) is 3.45. The lowest BCUT2D eigenvalue weighted by molar-refractivity contribution is -0.133. The molecule has 2 heterocycles. The van der Waals surface area contributed by atoms with Crippen molar-refractivity contribution in [3.8, 4) is 11.5 Å². The van der Waals surface area contributed by atoms with Gasteiger partial charge in [-0.25, -0.2) is 4.68 Å². The highest BCUT2D eigenvalue weighted by Gasteiger charge is 2.22. The molecule has 3 N–H and O–H groups in total. The number of amides is 3. The second kappa shape index (κ2) is 9.62. The van der Waals surface area contributed by atoms with E-state index in [1.165, 1.54) is 28.9 Å². The van der Waals surface area contributed by atoms with Gasteiger partial charge >= 0.3 is 11.8 Å². The molecule has 0 saturated carbocycles. The zero-order chi connectivity index (χ0) is 25.4. The summed E-state index contributed by atoms with van der Waals surface area (Å²) >= 11 is 18.1. The van der Waals surface area contributed by atoms with Gasteiger partial charge in [0, 0.05) is 27.8 Å². The first kappa shape index (κ1) is 23.8. The van der Waals surface area contributed by atoms with Crippen LogP contribution < -0.4 is 25.5 Å². The molecule has 1 aromatic heterocycles. The zero-order valence-electron chi connectivity index (χ0n) is 18.1. The van der Waals surface area contributed by atoms with Crippen molar-refractivity contribution in [3.63, 3.8) is 0 Å². The molecule has 1 aliphatic heterocycles. The van der Waals surface area contributed by atoms with Crippen LogP contribution in [0, 0.1) is 0 Å². The molecule has 5 rings (SSSR count). The Hall–Kier alpha value is -3.92. The topological polar surface area (TPSA) is 111 Å². The standard InChI is InChI=1S/C24H15Cl3N4O5/c25-13-1-5-18-12(7-13)8-19(22(32)28-14-2-4-16(26)17(27)9-14)31(18)30-24(34)23(33)29-15-3-6-20-21(10-15)36-11-35-20/h1-10H,11H2,(H,28,32)(H,29,33)(H,30,34). The monoisotopic (exact) mass is 544 g/mol. The van der Waals surface area contributed by atoms with E-state index in [0.29, 0.717) is 43.8 Å². The highest BCUT2D eigenvalue weighted by Crippen LogP contribution is 2.34. The molecule has 0 atom stereocenters. The van der Waals surface area contributed by atoms with Crippen LogP contribution in [-0.2, 0) is 9.59 Å². The van der Waals surface area contributed by atoms with Crippen molar-refractivity contribution < 1.29 is 23.9 Å². The summed E-state index contributed by atoms with van der Waals surface area (Å²) in [6.07, 6.45) is 0. The van der Waals surface area contributed by atoms with Gasteiger partial charge < -0.3 is 20.1 Å². The van der Waals surface area contributed by atoms with Crippen molar-refractivity contribution in [2.24, 2.45) is 0 Å². The second-order valence-corrected chi connectivity index (χ2v) is 8.87. The van der Waals surface area contributed by atoms with E-state index in [0.717, 1.165) is 0 Å². The quantitative estimate of drug-likeness (QED) is 0.302. The molecule has 36 heavy (non-hydrogen) atoms. The van der Waals surface area contributed by atoms with Crippen LogP contribution in [0.2, 0.25) is 15.1 Å². The summed E-state index contributed by atoms with van der Waals surface area (Å²) in [4.78, 5) is 38.5. The van der Waals surface area contributed by atoms with Crippen LogP contribution in [0.25, 0.3) is 10.9 Å². The van der Waals surface area contributed by atoms with Crippen molar-refractivity contribution in [3.05, 3.63) is 81.4 Å². The van der Waals surface area contributed by atoms with Gasteiger partial charge in [-0.15, -0.1) is 0 Å². The Morgan fingerprint density at radius 2 is 1.50 bits per heavy atom. The Morgan fingerprint density at radius 1 is 0.750 bits per heavy atom. The van der Waals surface area contributed by atoms with Crippen LogP contribution in [0.3, 0.4) is 0 Å². The van der Waals surface area contributed by atoms with Crippen molar-refractivity contribution in [2.45, 2.75) is 0 Å². The number of ether oxygens (including phenoxy) is 2. The van der Waals surface area contributed by atoms with Gasteiger partial charge in [0.2, 0.25) is 6.79 Å². The number of halogens is 3. The molecule has 182 valence electrons. The Bertz CT molecular complexity index is 1550. The first-order valence-electron chi connectivity index (χ1n) is 10.4. The van der Waals surface area contributed by atoms with Crippen LogP contribution in [0.1, 0.15) is 10.5 Å². The van der Waals surface area contributed by atoms with Gasteiger partial charge in [0.15, 0.2) is 11.5 Å². The number of nitrogens with zero attached hydrogens (tertiary/aromatic N) is 1. The molecule has 0 bridgehead atoms. The Labute approximate surface area is 218 Å². The van der Waals surface area contributed by atoms with E-state index in [1.807, 2.05) is 0 Å². The molecule has 9 nitrogen and oxygen atoms in total. The number of hydrogen-bond acceptors (Lipinski definition) is 5. The molecule has 1 aliphatic rings. The first-order chi connectivity index (χ1) is 17.3. The maximum atomic E-state index is 13.1. The van der Waals surface area contributed by atoms with Crippen LogP contribution in [0.4, 0.5) is 11.4 Å². The number of fused-ring (bicyclic) bond motifs is 2. The number of aromatic nitrogens is 1. The third-order valence-electron chi connectivity index (χ3n) is 5.22. The zero-order valence-corrected chi connectivity index (χ0v) is 20.4. The molecular formula is C24H15Cl3N4O5. The number of benzene rings is 3. The first-order valence-corrected chi connectivity index (χ1v) is 11.5. The number of carbonyl (C=O) groups excluding carboxylic acids is 3. The lowest BCUT2D eigenvalue weighted by atomic mass is 10.2.